The van der Waals surface area contributed by atoms with E-state index < -0.39 is 11.9 Å². The molecule has 1 aliphatic carbocycles. The van der Waals surface area contributed by atoms with E-state index in [0.29, 0.717) is 24.1 Å². The van der Waals surface area contributed by atoms with Gasteiger partial charge in [-0.05, 0) is 18.8 Å². The Morgan fingerprint density at radius 3 is 2.56 bits per heavy atom. The van der Waals surface area contributed by atoms with Gasteiger partial charge >= 0.3 is 5.97 Å². The van der Waals surface area contributed by atoms with Crippen molar-refractivity contribution in [2.75, 3.05) is 0 Å². The molecule has 0 saturated heterocycles. The van der Waals surface area contributed by atoms with Gasteiger partial charge in [0.15, 0.2) is 5.82 Å². The number of aliphatic carboxylic acids is 1. The third-order valence-corrected chi connectivity index (χ3v) is 3.55. The lowest BCUT2D eigenvalue weighted by Crippen LogP contribution is -2.18. The number of nitrogens with zero attached hydrogens (tertiary/aromatic N) is 2. The summed E-state index contributed by atoms with van der Waals surface area (Å²) < 4.78 is 5.28. The molecule has 5 nitrogen and oxygen atoms in total. The topological polar surface area (TPSA) is 76.2 Å². The van der Waals surface area contributed by atoms with Crippen LogP contribution in [0.2, 0.25) is 0 Å². The van der Waals surface area contributed by atoms with Gasteiger partial charge in [0.05, 0.1) is 11.8 Å². The zero-order valence-electron chi connectivity index (χ0n) is 11.3. The largest absolute Gasteiger partial charge is 0.481 e. The Balaban J connectivity index is 2.25. The van der Waals surface area contributed by atoms with Crippen molar-refractivity contribution >= 4 is 5.97 Å². The van der Waals surface area contributed by atoms with Crippen molar-refractivity contribution in [1.29, 1.82) is 0 Å². The first-order chi connectivity index (χ1) is 8.29. The van der Waals surface area contributed by atoms with E-state index in [4.69, 9.17) is 4.52 Å². The van der Waals surface area contributed by atoms with Gasteiger partial charge in [-0.1, -0.05) is 32.9 Å². The predicted molar refractivity (Wildman–Crippen MR) is 65.3 cm³/mol. The summed E-state index contributed by atoms with van der Waals surface area (Å²) in [5, 5.41) is 13.2. The number of rotatable bonds is 2. The van der Waals surface area contributed by atoms with E-state index in [9.17, 15) is 9.90 Å². The van der Waals surface area contributed by atoms with Crippen LogP contribution in [0.3, 0.4) is 0 Å². The van der Waals surface area contributed by atoms with E-state index >= 15 is 0 Å². The van der Waals surface area contributed by atoms with Gasteiger partial charge in [0.1, 0.15) is 0 Å². The smallest absolute Gasteiger partial charge is 0.307 e. The third-order valence-electron chi connectivity index (χ3n) is 3.55. The molecule has 100 valence electrons. The fourth-order valence-electron chi connectivity index (χ4n) is 2.53. The number of hydrogen-bond donors (Lipinski definition) is 1. The lowest BCUT2D eigenvalue weighted by atomic mass is 9.94. The first-order valence-corrected chi connectivity index (χ1v) is 6.36. The van der Waals surface area contributed by atoms with Gasteiger partial charge in [0.2, 0.25) is 5.89 Å². The lowest BCUT2D eigenvalue weighted by Gasteiger charge is -2.12. The molecule has 3 unspecified atom stereocenters. The minimum absolute atomic E-state index is 0.138. The zero-order chi connectivity index (χ0) is 13.5. The highest BCUT2D eigenvalue weighted by Gasteiger charge is 2.41. The van der Waals surface area contributed by atoms with Crippen LogP contribution in [0.15, 0.2) is 4.52 Å². The maximum atomic E-state index is 11.2. The van der Waals surface area contributed by atoms with Gasteiger partial charge in [-0.15, -0.1) is 0 Å². The lowest BCUT2D eigenvalue weighted by molar-refractivity contribution is -0.142. The summed E-state index contributed by atoms with van der Waals surface area (Å²) in [6, 6.07) is 0. The van der Waals surface area contributed by atoms with Crippen LogP contribution in [0.4, 0.5) is 0 Å². The maximum Gasteiger partial charge on any atom is 0.307 e. The number of aromatic nitrogens is 2. The first-order valence-electron chi connectivity index (χ1n) is 6.36. The monoisotopic (exact) mass is 252 g/mol. The summed E-state index contributed by atoms with van der Waals surface area (Å²) in [6.07, 6.45) is 1.50. The molecule has 0 bridgehead atoms. The Bertz CT molecular complexity index is 447. The molecule has 18 heavy (non-hydrogen) atoms. The fraction of sp³-hybridized carbons (Fsp3) is 0.769. The molecular formula is C13H20N2O3. The Morgan fingerprint density at radius 2 is 2.06 bits per heavy atom. The van der Waals surface area contributed by atoms with E-state index in [1.54, 1.807) is 0 Å². The molecule has 1 aromatic heterocycles. The Labute approximate surface area is 107 Å². The molecule has 0 aliphatic heterocycles. The van der Waals surface area contributed by atoms with Crippen LogP contribution in [0.25, 0.3) is 0 Å². The predicted octanol–water partition coefficient (Wildman–Crippen LogP) is 2.58. The van der Waals surface area contributed by atoms with E-state index in [1.807, 2.05) is 20.8 Å². The molecule has 0 aromatic carbocycles. The number of carbonyl (C=O) groups is 1. The van der Waals surface area contributed by atoms with Crippen LogP contribution in [-0.4, -0.2) is 21.2 Å². The third kappa shape index (κ3) is 2.40. The summed E-state index contributed by atoms with van der Waals surface area (Å²) in [5.74, 6) is 0.216. The summed E-state index contributed by atoms with van der Waals surface area (Å²) in [5.41, 5.74) is -0.176. The molecule has 3 atom stereocenters. The second-order valence-electron chi connectivity index (χ2n) is 6.33. The second kappa shape index (κ2) is 4.37. The van der Waals surface area contributed by atoms with Crippen LogP contribution in [0.1, 0.15) is 58.2 Å². The molecule has 2 rings (SSSR count). The number of hydrogen-bond acceptors (Lipinski definition) is 4. The van der Waals surface area contributed by atoms with E-state index in [2.05, 4.69) is 17.1 Å². The van der Waals surface area contributed by atoms with E-state index in [-0.39, 0.29) is 11.3 Å². The molecule has 0 radical (unpaired) electrons. The zero-order valence-corrected chi connectivity index (χ0v) is 11.3. The molecule has 1 heterocycles. The van der Waals surface area contributed by atoms with Gasteiger partial charge in [0, 0.05) is 5.41 Å². The average Bonchev–Trinajstić information content (AvgIpc) is 2.81. The van der Waals surface area contributed by atoms with Gasteiger partial charge < -0.3 is 9.63 Å². The van der Waals surface area contributed by atoms with Crippen molar-refractivity contribution in [3.8, 4) is 0 Å². The summed E-state index contributed by atoms with van der Waals surface area (Å²) in [7, 11) is 0. The van der Waals surface area contributed by atoms with Gasteiger partial charge in [-0.3, -0.25) is 4.79 Å². The van der Waals surface area contributed by atoms with Crippen LogP contribution >= 0.6 is 0 Å². The van der Waals surface area contributed by atoms with Crippen molar-refractivity contribution in [2.45, 2.75) is 51.9 Å². The Hall–Kier alpha value is -1.39. The minimum atomic E-state index is -0.764. The average molecular weight is 252 g/mol. The van der Waals surface area contributed by atoms with E-state index in [1.165, 1.54) is 0 Å². The summed E-state index contributed by atoms with van der Waals surface area (Å²) >= 11 is 0. The Kier molecular flexibility index (Phi) is 3.17. The van der Waals surface area contributed by atoms with Crippen LogP contribution in [-0.2, 0) is 10.2 Å². The molecule has 1 N–H and O–H groups in total. The molecule has 0 amide bonds. The fourth-order valence-corrected chi connectivity index (χ4v) is 2.53. The summed E-state index contributed by atoms with van der Waals surface area (Å²) in [4.78, 5) is 15.6. The van der Waals surface area contributed by atoms with Crippen molar-refractivity contribution in [3.63, 3.8) is 0 Å². The molecular weight excluding hydrogens is 232 g/mol. The molecule has 1 aromatic rings. The van der Waals surface area contributed by atoms with Crippen LogP contribution in [0.5, 0.6) is 0 Å². The van der Waals surface area contributed by atoms with Gasteiger partial charge in [-0.25, -0.2) is 0 Å². The molecule has 0 spiro atoms. The minimum Gasteiger partial charge on any atom is -0.481 e. The number of carboxylic acid groups (broad SMARTS) is 1. The Morgan fingerprint density at radius 1 is 1.39 bits per heavy atom. The SMILES string of the molecule is CC1CC(C(=O)O)C(c2nc(C(C)(C)C)no2)C1. The molecule has 1 fully saturated rings. The first kappa shape index (κ1) is 13.1. The van der Waals surface area contributed by atoms with Crippen LogP contribution in [0, 0.1) is 11.8 Å². The number of carboxylic acids is 1. The highest BCUT2D eigenvalue weighted by atomic mass is 16.5. The standard InChI is InChI=1S/C13H20N2O3/c1-7-5-8(9(6-7)11(16)17)10-14-12(15-18-10)13(2,3)4/h7-9H,5-6H2,1-4H3,(H,16,17). The maximum absolute atomic E-state index is 11.2. The quantitative estimate of drug-likeness (QED) is 0.875. The van der Waals surface area contributed by atoms with Crippen molar-refractivity contribution in [2.24, 2.45) is 11.8 Å². The second-order valence-corrected chi connectivity index (χ2v) is 6.33. The van der Waals surface area contributed by atoms with Crippen molar-refractivity contribution < 1.29 is 14.4 Å². The normalized spacial score (nSPS) is 28.6. The molecule has 5 heteroatoms. The van der Waals surface area contributed by atoms with Crippen LogP contribution < -0.4 is 0 Å². The highest BCUT2D eigenvalue weighted by Crippen LogP contribution is 2.42. The summed E-state index contributed by atoms with van der Waals surface area (Å²) in [6.45, 7) is 8.09. The van der Waals surface area contributed by atoms with Crippen molar-refractivity contribution in [3.05, 3.63) is 11.7 Å². The molecule has 1 aliphatic rings. The van der Waals surface area contributed by atoms with Gasteiger partial charge in [0.25, 0.3) is 0 Å². The van der Waals surface area contributed by atoms with Crippen molar-refractivity contribution in [1.82, 2.24) is 10.1 Å². The molecule has 1 saturated carbocycles. The highest BCUT2D eigenvalue weighted by molar-refractivity contribution is 5.71. The van der Waals surface area contributed by atoms with E-state index in [0.717, 1.165) is 6.42 Å². The van der Waals surface area contributed by atoms with Gasteiger partial charge in [-0.2, -0.15) is 4.98 Å².